The molecule has 1 N–H and O–H groups in total. The van der Waals surface area contributed by atoms with Gasteiger partial charge in [-0.1, -0.05) is 13.3 Å². The van der Waals surface area contributed by atoms with Crippen molar-refractivity contribution in [3.8, 4) is 11.5 Å². The summed E-state index contributed by atoms with van der Waals surface area (Å²) in [5, 5.41) is 0.305. The third-order valence-corrected chi connectivity index (χ3v) is 2.93. The Morgan fingerprint density at radius 1 is 1.21 bits per heavy atom. The molecule has 0 atom stereocenters. The summed E-state index contributed by atoms with van der Waals surface area (Å²) in [7, 11) is 0. The normalized spacial score (nSPS) is 15.9. The molecule has 0 radical (unpaired) electrons. The molecule has 0 bridgehead atoms. The first-order chi connectivity index (χ1) is 8.98. The second-order valence-electron chi connectivity index (χ2n) is 4.42. The van der Waals surface area contributed by atoms with Gasteiger partial charge >= 0.3 is 6.29 Å². The van der Waals surface area contributed by atoms with Gasteiger partial charge in [0.25, 0.3) is 0 Å². The summed E-state index contributed by atoms with van der Waals surface area (Å²) in [6.45, 7) is 1.99. The molecule has 2 heterocycles. The van der Waals surface area contributed by atoms with E-state index in [9.17, 15) is 13.6 Å². The lowest BCUT2D eigenvalue weighted by molar-refractivity contribution is -0.286. The van der Waals surface area contributed by atoms with Gasteiger partial charge in [0.15, 0.2) is 16.9 Å². The molecular formula is C13H11F2NO3. The van der Waals surface area contributed by atoms with Crippen molar-refractivity contribution in [3.05, 3.63) is 34.1 Å². The highest BCUT2D eigenvalue weighted by atomic mass is 19.3. The number of alkyl halides is 2. The molecule has 0 spiro atoms. The number of halogens is 2. The Labute approximate surface area is 107 Å². The van der Waals surface area contributed by atoms with Crippen molar-refractivity contribution in [2.24, 2.45) is 0 Å². The zero-order chi connectivity index (χ0) is 13.6. The van der Waals surface area contributed by atoms with Crippen LogP contribution in [0.5, 0.6) is 11.5 Å². The van der Waals surface area contributed by atoms with Crippen LogP contribution in [0.4, 0.5) is 8.78 Å². The van der Waals surface area contributed by atoms with Crippen molar-refractivity contribution in [2.75, 3.05) is 0 Å². The van der Waals surface area contributed by atoms with Crippen LogP contribution in [0, 0.1) is 0 Å². The predicted octanol–water partition coefficient (Wildman–Crippen LogP) is 2.80. The molecule has 0 aliphatic carbocycles. The maximum Gasteiger partial charge on any atom is 0.586 e. The molecule has 2 aromatic rings. The molecule has 100 valence electrons. The highest BCUT2D eigenvalue weighted by Gasteiger charge is 2.43. The van der Waals surface area contributed by atoms with Crippen molar-refractivity contribution >= 4 is 10.9 Å². The summed E-state index contributed by atoms with van der Waals surface area (Å²) in [5.74, 6) is -0.187. The smallest absolute Gasteiger partial charge is 0.395 e. The third-order valence-electron chi connectivity index (χ3n) is 2.93. The van der Waals surface area contributed by atoms with Gasteiger partial charge in [-0.05, 0) is 12.5 Å². The molecule has 0 saturated heterocycles. The Bertz CT molecular complexity index is 709. The molecule has 6 heteroatoms. The first kappa shape index (κ1) is 12.0. The Kier molecular flexibility index (Phi) is 2.48. The van der Waals surface area contributed by atoms with Crippen LogP contribution in [0.2, 0.25) is 0 Å². The van der Waals surface area contributed by atoms with E-state index < -0.39 is 6.29 Å². The molecule has 1 aliphatic rings. The van der Waals surface area contributed by atoms with Gasteiger partial charge in [0.2, 0.25) is 0 Å². The van der Waals surface area contributed by atoms with Gasteiger partial charge < -0.3 is 14.5 Å². The molecule has 1 aromatic heterocycles. The standard InChI is InChI=1S/C13H11F2NO3/c1-2-3-7-4-10(17)8-5-11-12(6-9(8)16-7)19-13(14,15)18-11/h4-6H,2-3H2,1H3,(H,16,17). The minimum Gasteiger partial charge on any atom is -0.395 e. The van der Waals surface area contributed by atoms with E-state index >= 15 is 0 Å². The van der Waals surface area contributed by atoms with E-state index in [2.05, 4.69) is 14.5 Å². The van der Waals surface area contributed by atoms with Crippen molar-refractivity contribution < 1.29 is 18.3 Å². The number of H-pyrrole nitrogens is 1. The second kappa shape index (κ2) is 3.94. The quantitative estimate of drug-likeness (QED) is 0.910. The summed E-state index contributed by atoms with van der Waals surface area (Å²) in [6.07, 6.45) is -2.07. The Hall–Kier alpha value is -2.11. The lowest BCUT2D eigenvalue weighted by Crippen LogP contribution is -2.25. The summed E-state index contributed by atoms with van der Waals surface area (Å²) in [6, 6.07) is 4.12. The largest absolute Gasteiger partial charge is 0.586 e. The fourth-order valence-corrected chi connectivity index (χ4v) is 2.15. The van der Waals surface area contributed by atoms with Crippen LogP contribution in [-0.2, 0) is 6.42 Å². The van der Waals surface area contributed by atoms with Crippen LogP contribution in [0.3, 0.4) is 0 Å². The van der Waals surface area contributed by atoms with Gasteiger partial charge in [0.1, 0.15) is 0 Å². The van der Waals surface area contributed by atoms with Gasteiger partial charge in [0.05, 0.1) is 5.52 Å². The lowest BCUT2D eigenvalue weighted by Gasteiger charge is -2.04. The molecular weight excluding hydrogens is 256 g/mol. The number of pyridine rings is 1. The lowest BCUT2D eigenvalue weighted by atomic mass is 10.1. The second-order valence-corrected chi connectivity index (χ2v) is 4.42. The summed E-state index contributed by atoms with van der Waals surface area (Å²) < 4.78 is 34.6. The van der Waals surface area contributed by atoms with Crippen LogP contribution < -0.4 is 14.9 Å². The minimum absolute atomic E-state index is 0.0678. The highest BCUT2D eigenvalue weighted by molar-refractivity contribution is 5.83. The molecule has 0 saturated carbocycles. The number of rotatable bonds is 2. The molecule has 4 nitrogen and oxygen atoms in total. The van der Waals surface area contributed by atoms with Crippen molar-refractivity contribution in [1.29, 1.82) is 0 Å². The first-order valence-electron chi connectivity index (χ1n) is 5.94. The van der Waals surface area contributed by atoms with E-state index in [1.54, 1.807) is 0 Å². The Morgan fingerprint density at radius 2 is 1.89 bits per heavy atom. The van der Waals surface area contributed by atoms with E-state index in [0.29, 0.717) is 10.9 Å². The van der Waals surface area contributed by atoms with Crippen LogP contribution in [-0.4, -0.2) is 11.3 Å². The van der Waals surface area contributed by atoms with Crippen LogP contribution >= 0.6 is 0 Å². The molecule has 0 unspecified atom stereocenters. The van der Waals surface area contributed by atoms with Gasteiger partial charge in [-0.2, -0.15) is 0 Å². The molecule has 19 heavy (non-hydrogen) atoms. The zero-order valence-corrected chi connectivity index (χ0v) is 10.1. The fourth-order valence-electron chi connectivity index (χ4n) is 2.15. The highest BCUT2D eigenvalue weighted by Crippen LogP contribution is 2.42. The summed E-state index contributed by atoms with van der Waals surface area (Å²) in [5.41, 5.74) is 1.01. The number of aromatic nitrogens is 1. The maximum atomic E-state index is 13.0. The van der Waals surface area contributed by atoms with Crippen LogP contribution in [0.15, 0.2) is 23.0 Å². The van der Waals surface area contributed by atoms with E-state index in [4.69, 9.17) is 0 Å². The van der Waals surface area contributed by atoms with E-state index in [-0.39, 0.29) is 16.9 Å². The van der Waals surface area contributed by atoms with Gasteiger partial charge in [-0.15, -0.1) is 8.78 Å². The van der Waals surface area contributed by atoms with Gasteiger partial charge in [-0.25, -0.2) is 0 Å². The summed E-state index contributed by atoms with van der Waals surface area (Å²) in [4.78, 5) is 15.0. The third kappa shape index (κ3) is 2.03. The monoisotopic (exact) mass is 267 g/mol. The van der Waals surface area contributed by atoms with Gasteiger partial charge in [-0.3, -0.25) is 4.79 Å². The molecule has 3 rings (SSSR count). The SMILES string of the molecule is CCCc1cc(=O)c2cc3c(cc2[nH]1)OC(F)(F)O3. The zero-order valence-electron chi connectivity index (χ0n) is 10.1. The minimum atomic E-state index is -3.67. The Morgan fingerprint density at radius 3 is 2.58 bits per heavy atom. The Balaban J connectivity index is 2.18. The van der Waals surface area contributed by atoms with E-state index in [1.165, 1.54) is 18.2 Å². The van der Waals surface area contributed by atoms with E-state index in [0.717, 1.165) is 18.5 Å². The number of aromatic amines is 1. The van der Waals surface area contributed by atoms with Crippen molar-refractivity contribution in [3.63, 3.8) is 0 Å². The predicted molar refractivity (Wildman–Crippen MR) is 64.8 cm³/mol. The number of benzene rings is 1. The fraction of sp³-hybridized carbons (Fsp3) is 0.308. The number of hydrogen-bond donors (Lipinski definition) is 1. The van der Waals surface area contributed by atoms with Gasteiger partial charge in [0, 0.05) is 23.2 Å². The summed E-state index contributed by atoms with van der Waals surface area (Å²) >= 11 is 0. The number of hydrogen-bond acceptors (Lipinski definition) is 3. The average molecular weight is 267 g/mol. The number of fused-ring (bicyclic) bond motifs is 2. The topological polar surface area (TPSA) is 51.3 Å². The average Bonchev–Trinajstić information content (AvgIpc) is 2.60. The molecule has 1 aliphatic heterocycles. The first-order valence-corrected chi connectivity index (χ1v) is 5.94. The van der Waals surface area contributed by atoms with Crippen LogP contribution in [0.25, 0.3) is 10.9 Å². The van der Waals surface area contributed by atoms with E-state index in [1.807, 2.05) is 6.92 Å². The maximum absolute atomic E-state index is 13.0. The number of ether oxygens (including phenoxy) is 2. The number of aryl methyl sites for hydroxylation is 1. The van der Waals surface area contributed by atoms with Crippen molar-refractivity contribution in [1.82, 2.24) is 4.98 Å². The van der Waals surface area contributed by atoms with Crippen molar-refractivity contribution in [2.45, 2.75) is 26.1 Å². The molecule has 0 fully saturated rings. The molecule has 1 aromatic carbocycles. The van der Waals surface area contributed by atoms with Crippen LogP contribution in [0.1, 0.15) is 19.0 Å². The molecule has 0 amide bonds. The number of nitrogens with one attached hydrogen (secondary N) is 1.